The zero-order chi connectivity index (χ0) is 29.7. The third kappa shape index (κ3) is 7.07. The van der Waals surface area contributed by atoms with Crippen LogP contribution in [0.15, 0.2) is 66.7 Å². The molecule has 0 aromatic heterocycles. The number of rotatable bonds is 8. The van der Waals surface area contributed by atoms with Crippen molar-refractivity contribution in [3.63, 3.8) is 0 Å². The van der Waals surface area contributed by atoms with Crippen LogP contribution < -0.4 is 4.74 Å². The van der Waals surface area contributed by atoms with Crippen molar-refractivity contribution in [2.24, 2.45) is 0 Å². The van der Waals surface area contributed by atoms with Gasteiger partial charge in [0.2, 0.25) is 0 Å². The first-order chi connectivity index (χ1) is 19.5. The number of unbranched alkanes of at least 4 members (excludes halogenated alkanes) is 2. The Balaban J connectivity index is 1.51. The van der Waals surface area contributed by atoms with Crippen LogP contribution in [0.1, 0.15) is 48.4 Å². The summed E-state index contributed by atoms with van der Waals surface area (Å²) in [6.45, 7) is 2.01. The standard InChI is InChI=1S/C32H22F8O/c1-2-3-4-5-19-7-13-25(28(35)14-19)32(39,40)41-23-11-12-24(27(34)18-23)22-10-9-21(26(33)17-22)8-6-20-15-29(36)31(38)30(37)16-20/h7,9-18H,2-5H2,1H3. The molecule has 0 fully saturated rings. The van der Waals surface area contributed by atoms with Crippen molar-refractivity contribution < 1.29 is 39.9 Å². The van der Waals surface area contributed by atoms with Crippen molar-refractivity contribution >= 4 is 0 Å². The summed E-state index contributed by atoms with van der Waals surface area (Å²) in [6, 6.07) is 10.9. The molecule has 41 heavy (non-hydrogen) atoms. The summed E-state index contributed by atoms with van der Waals surface area (Å²) in [7, 11) is 0. The lowest BCUT2D eigenvalue weighted by atomic mass is 10.0. The molecule has 0 saturated carbocycles. The normalized spacial score (nSPS) is 11.2. The van der Waals surface area contributed by atoms with Gasteiger partial charge in [0.1, 0.15) is 23.2 Å². The van der Waals surface area contributed by atoms with Gasteiger partial charge in [0.25, 0.3) is 0 Å². The molecule has 0 atom stereocenters. The Morgan fingerprint density at radius 2 is 1.41 bits per heavy atom. The van der Waals surface area contributed by atoms with Crippen LogP contribution >= 0.6 is 0 Å². The lowest BCUT2D eigenvalue weighted by Crippen LogP contribution is -2.23. The molecule has 0 aliphatic rings. The molecule has 4 aromatic carbocycles. The minimum Gasteiger partial charge on any atom is -0.429 e. The summed E-state index contributed by atoms with van der Waals surface area (Å²) >= 11 is 0. The van der Waals surface area contributed by atoms with Gasteiger partial charge in [0, 0.05) is 17.2 Å². The van der Waals surface area contributed by atoms with E-state index in [1.165, 1.54) is 18.2 Å². The molecule has 1 nitrogen and oxygen atoms in total. The fourth-order valence-corrected chi connectivity index (χ4v) is 4.08. The molecule has 212 valence electrons. The minimum atomic E-state index is -4.09. The molecule has 4 rings (SSSR count). The minimum absolute atomic E-state index is 0.0347. The lowest BCUT2D eigenvalue weighted by Gasteiger charge is -2.19. The molecule has 9 heteroatoms. The van der Waals surface area contributed by atoms with E-state index in [4.69, 9.17) is 0 Å². The highest BCUT2D eigenvalue weighted by Gasteiger charge is 2.38. The van der Waals surface area contributed by atoms with Gasteiger partial charge in [-0.2, -0.15) is 8.78 Å². The van der Waals surface area contributed by atoms with Crippen LogP contribution in [0.25, 0.3) is 11.1 Å². The van der Waals surface area contributed by atoms with Crippen LogP contribution in [-0.4, -0.2) is 0 Å². The zero-order valence-corrected chi connectivity index (χ0v) is 21.6. The van der Waals surface area contributed by atoms with Gasteiger partial charge in [-0.15, -0.1) is 0 Å². The highest BCUT2D eigenvalue weighted by molar-refractivity contribution is 5.66. The number of benzene rings is 4. The second-order valence-electron chi connectivity index (χ2n) is 9.23. The topological polar surface area (TPSA) is 9.23 Å². The predicted octanol–water partition coefficient (Wildman–Crippen LogP) is 9.45. The molecular formula is C32H22F8O. The van der Waals surface area contributed by atoms with E-state index in [1.54, 1.807) is 0 Å². The Bertz CT molecular complexity index is 1610. The molecule has 0 spiro atoms. The monoisotopic (exact) mass is 574 g/mol. The molecule has 0 amide bonds. The van der Waals surface area contributed by atoms with E-state index in [9.17, 15) is 35.1 Å². The average Bonchev–Trinajstić information content (AvgIpc) is 2.91. The molecule has 0 radical (unpaired) electrons. The van der Waals surface area contributed by atoms with E-state index in [2.05, 4.69) is 16.6 Å². The summed E-state index contributed by atoms with van der Waals surface area (Å²) in [5, 5.41) is 0. The molecule has 0 unspecified atom stereocenters. The van der Waals surface area contributed by atoms with Gasteiger partial charge < -0.3 is 4.74 Å². The number of alkyl halides is 2. The number of aryl methyl sites for hydroxylation is 1. The Kier molecular flexibility index (Phi) is 9.01. The summed E-state index contributed by atoms with van der Waals surface area (Å²) in [6.07, 6.45) is -0.860. The summed E-state index contributed by atoms with van der Waals surface area (Å²) in [5.74, 6) is -3.53. The third-order valence-electron chi connectivity index (χ3n) is 6.21. The maximum absolute atomic E-state index is 14.9. The largest absolute Gasteiger partial charge is 0.429 e. The number of hydrogen-bond acceptors (Lipinski definition) is 1. The number of halogens is 8. The van der Waals surface area contributed by atoms with Gasteiger partial charge in [-0.1, -0.05) is 43.7 Å². The molecule has 0 heterocycles. The second-order valence-corrected chi connectivity index (χ2v) is 9.23. The van der Waals surface area contributed by atoms with Crippen molar-refractivity contribution in [1.29, 1.82) is 0 Å². The Morgan fingerprint density at radius 1 is 0.683 bits per heavy atom. The van der Waals surface area contributed by atoms with E-state index < -0.39 is 52.3 Å². The molecular weight excluding hydrogens is 552 g/mol. The van der Waals surface area contributed by atoms with Crippen LogP contribution in [0.4, 0.5) is 35.1 Å². The van der Waals surface area contributed by atoms with Crippen molar-refractivity contribution in [2.45, 2.75) is 38.7 Å². The molecule has 0 bridgehead atoms. The van der Waals surface area contributed by atoms with Crippen molar-refractivity contribution in [1.82, 2.24) is 0 Å². The molecule has 0 aliphatic heterocycles. The molecule has 0 aliphatic carbocycles. The van der Waals surface area contributed by atoms with Crippen molar-refractivity contribution in [3.05, 3.63) is 124 Å². The summed E-state index contributed by atoms with van der Waals surface area (Å²) in [4.78, 5) is 0. The maximum Gasteiger partial charge on any atom is 0.429 e. The Hall–Kier alpha value is -4.32. The second kappa shape index (κ2) is 12.5. The molecule has 0 saturated heterocycles. The first-order valence-electron chi connectivity index (χ1n) is 12.6. The van der Waals surface area contributed by atoms with E-state index >= 15 is 0 Å². The number of hydrogen-bond donors (Lipinski definition) is 0. The van der Waals surface area contributed by atoms with Gasteiger partial charge in [-0.05, 0) is 72.5 Å². The Labute approximate surface area is 231 Å². The van der Waals surface area contributed by atoms with Gasteiger partial charge in [-0.3, -0.25) is 0 Å². The summed E-state index contributed by atoms with van der Waals surface area (Å²) in [5.41, 5.74) is -0.959. The van der Waals surface area contributed by atoms with E-state index in [1.807, 2.05) is 6.92 Å². The average molecular weight is 575 g/mol. The SMILES string of the molecule is CCCCCc1ccc(C(F)(F)Oc2ccc(-c3ccc(C#Cc4cc(F)c(F)c(F)c4)c(F)c3)c(F)c2)c(F)c1. The number of ether oxygens (including phenoxy) is 1. The fourth-order valence-electron chi connectivity index (χ4n) is 4.08. The molecule has 4 aromatic rings. The van der Waals surface area contributed by atoms with E-state index in [-0.39, 0.29) is 22.3 Å². The zero-order valence-electron chi connectivity index (χ0n) is 21.6. The van der Waals surface area contributed by atoms with Crippen LogP contribution in [0.5, 0.6) is 5.75 Å². The van der Waals surface area contributed by atoms with Crippen molar-refractivity contribution in [2.75, 3.05) is 0 Å². The smallest absolute Gasteiger partial charge is 0.429 e. The fraction of sp³-hybridized carbons (Fsp3) is 0.188. The molecule has 0 N–H and O–H groups in total. The predicted molar refractivity (Wildman–Crippen MR) is 138 cm³/mol. The van der Waals surface area contributed by atoms with Gasteiger partial charge in [0.15, 0.2) is 17.5 Å². The highest BCUT2D eigenvalue weighted by Crippen LogP contribution is 2.35. The van der Waals surface area contributed by atoms with Crippen LogP contribution in [0.2, 0.25) is 0 Å². The van der Waals surface area contributed by atoms with Crippen LogP contribution in [0.3, 0.4) is 0 Å². The van der Waals surface area contributed by atoms with Crippen LogP contribution in [0, 0.1) is 46.7 Å². The van der Waals surface area contributed by atoms with Crippen molar-refractivity contribution in [3.8, 4) is 28.7 Å². The van der Waals surface area contributed by atoms with E-state index in [0.717, 1.165) is 49.6 Å². The first-order valence-corrected chi connectivity index (χ1v) is 12.6. The van der Waals surface area contributed by atoms with Gasteiger partial charge in [0.05, 0.1) is 11.1 Å². The first kappa shape index (κ1) is 29.7. The van der Waals surface area contributed by atoms with Crippen LogP contribution in [-0.2, 0) is 12.5 Å². The van der Waals surface area contributed by atoms with Gasteiger partial charge in [-0.25, -0.2) is 26.3 Å². The van der Waals surface area contributed by atoms with E-state index in [0.29, 0.717) is 30.2 Å². The Morgan fingerprint density at radius 3 is 2.05 bits per heavy atom. The highest BCUT2D eigenvalue weighted by atomic mass is 19.3. The van der Waals surface area contributed by atoms with Gasteiger partial charge >= 0.3 is 6.11 Å². The lowest BCUT2D eigenvalue weighted by molar-refractivity contribution is -0.187. The summed E-state index contributed by atoms with van der Waals surface area (Å²) < 4.78 is 118. The quantitative estimate of drug-likeness (QED) is 0.0882. The maximum atomic E-state index is 14.9. The third-order valence-corrected chi connectivity index (χ3v) is 6.21.